The molecule has 0 radical (unpaired) electrons. The molecule has 0 aromatic heterocycles. The summed E-state index contributed by atoms with van der Waals surface area (Å²) in [7, 11) is 0. The second-order valence-electron chi connectivity index (χ2n) is 15.1. The summed E-state index contributed by atoms with van der Waals surface area (Å²) in [5.74, 6) is 3.52. The zero-order valence-corrected chi connectivity index (χ0v) is 22.3. The van der Waals surface area contributed by atoms with E-state index in [1.807, 2.05) is 0 Å². The van der Waals surface area contributed by atoms with Crippen LogP contribution in [-0.4, -0.2) is 16.5 Å². The van der Waals surface area contributed by atoms with Crippen molar-refractivity contribution in [2.75, 3.05) is 0 Å². The number of carbonyl (C=O) groups is 1. The van der Waals surface area contributed by atoms with E-state index in [0.29, 0.717) is 45.2 Å². The molecule has 0 bridgehead atoms. The molecule has 10 atom stereocenters. The Hall–Kier alpha value is -0.370. The summed E-state index contributed by atoms with van der Waals surface area (Å²) >= 11 is 0. The molecule has 2 heteroatoms. The van der Waals surface area contributed by atoms with Crippen molar-refractivity contribution >= 4 is 5.78 Å². The molecule has 0 amide bonds. The van der Waals surface area contributed by atoms with E-state index in [-0.39, 0.29) is 5.41 Å². The largest absolute Gasteiger partial charge is 0.390 e. The van der Waals surface area contributed by atoms with Crippen LogP contribution in [0.1, 0.15) is 120 Å². The van der Waals surface area contributed by atoms with Gasteiger partial charge < -0.3 is 5.11 Å². The topological polar surface area (TPSA) is 37.3 Å². The zero-order valence-electron chi connectivity index (χ0n) is 22.3. The maximum absolute atomic E-state index is 12.9. The van der Waals surface area contributed by atoms with Gasteiger partial charge in [-0.3, -0.25) is 4.79 Å². The van der Waals surface area contributed by atoms with E-state index in [9.17, 15) is 9.90 Å². The number of fused-ring (bicyclic) bond motifs is 7. The first kappa shape index (κ1) is 23.4. The smallest absolute Gasteiger partial charge is 0.138 e. The van der Waals surface area contributed by atoms with Crippen molar-refractivity contribution in [3.63, 3.8) is 0 Å². The van der Waals surface area contributed by atoms with Crippen molar-refractivity contribution in [3.05, 3.63) is 0 Å². The fourth-order valence-corrected chi connectivity index (χ4v) is 11.4. The SMILES string of the molecule is C[C@H]1[C@@H]2[C@H]3CC[C@@H]4[C@@]5(C)CCC(=O)C(C)(C)[C@@H]5CC[C@@]4(C)[C@]3(C)CC[C@@]2(C)CC[C@@]1(C)O. The average Bonchev–Trinajstić information content (AvgIpc) is 2.70. The summed E-state index contributed by atoms with van der Waals surface area (Å²) in [4.78, 5) is 12.9. The number of rotatable bonds is 0. The number of ketones is 1. The lowest BCUT2D eigenvalue weighted by Gasteiger charge is -2.73. The molecule has 5 aliphatic rings. The van der Waals surface area contributed by atoms with Gasteiger partial charge in [-0.2, -0.15) is 0 Å². The van der Waals surface area contributed by atoms with Crippen LogP contribution in [0.5, 0.6) is 0 Å². The minimum atomic E-state index is -0.516. The lowest BCUT2D eigenvalue weighted by Crippen LogP contribution is -2.68. The second-order valence-corrected chi connectivity index (χ2v) is 15.1. The molecule has 0 unspecified atom stereocenters. The standard InChI is InChI=1S/C30H50O2/c1-19-24-20-9-10-22-27(5)13-12-23(31)25(2,3)21(27)11-14-29(22,7)28(20,6)17-15-26(24,4)16-18-30(19,8)32/h19-22,24,32H,9-18H2,1-8H3/t19-,20+,21-,22+,24+,26-,27-,28+,29+,30+/m0/s1. The van der Waals surface area contributed by atoms with Gasteiger partial charge in [0.25, 0.3) is 0 Å². The molecule has 32 heavy (non-hydrogen) atoms. The monoisotopic (exact) mass is 442 g/mol. The molecule has 2 nitrogen and oxygen atoms in total. The van der Waals surface area contributed by atoms with Crippen molar-refractivity contribution in [3.8, 4) is 0 Å². The van der Waals surface area contributed by atoms with Crippen LogP contribution in [0.15, 0.2) is 0 Å². The van der Waals surface area contributed by atoms with Gasteiger partial charge in [-0.05, 0) is 116 Å². The van der Waals surface area contributed by atoms with Crippen LogP contribution >= 0.6 is 0 Å². The summed E-state index contributed by atoms with van der Waals surface area (Å²) in [5.41, 5.74) is 0.715. The molecule has 0 saturated heterocycles. The highest BCUT2D eigenvalue weighted by atomic mass is 16.3. The molecule has 5 aliphatic carbocycles. The predicted molar refractivity (Wildman–Crippen MR) is 131 cm³/mol. The van der Waals surface area contributed by atoms with E-state index in [2.05, 4.69) is 55.4 Å². The summed E-state index contributed by atoms with van der Waals surface area (Å²) in [6.07, 6.45) is 11.9. The highest BCUT2D eigenvalue weighted by Crippen LogP contribution is 2.76. The Bertz CT molecular complexity index is 812. The Morgan fingerprint density at radius 2 is 1.41 bits per heavy atom. The molecule has 5 saturated carbocycles. The third-order valence-corrected chi connectivity index (χ3v) is 13.9. The molecular weight excluding hydrogens is 392 g/mol. The number of aliphatic hydroxyl groups is 1. The minimum Gasteiger partial charge on any atom is -0.390 e. The molecule has 0 aromatic rings. The first-order valence-corrected chi connectivity index (χ1v) is 13.9. The molecular formula is C30H50O2. The zero-order chi connectivity index (χ0) is 23.5. The number of carbonyl (C=O) groups excluding carboxylic acids is 1. The second kappa shape index (κ2) is 6.64. The van der Waals surface area contributed by atoms with Gasteiger partial charge in [-0.15, -0.1) is 0 Å². The molecule has 0 spiro atoms. The highest BCUT2D eigenvalue weighted by Gasteiger charge is 2.70. The Kier molecular flexibility index (Phi) is 4.85. The Morgan fingerprint density at radius 1 is 0.750 bits per heavy atom. The van der Waals surface area contributed by atoms with Gasteiger partial charge in [0.15, 0.2) is 0 Å². The van der Waals surface area contributed by atoms with Crippen LogP contribution in [-0.2, 0) is 4.79 Å². The van der Waals surface area contributed by atoms with Gasteiger partial charge >= 0.3 is 0 Å². The van der Waals surface area contributed by atoms with Crippen LogP contribution in [0, 0.1) is 56.7 Å². The summed E-state index contributed by atoms with van der Waals surface area (Å²) < 4.78 is 0. The lowest BCUT2D eigenvalue weighted by molar-refractivity contribution is -0.254. The number of Topliss-reactive ketones (excluding diaryl/α,β-unsaturated/α-hetero) is 1. The van der Waals surface area contributed by atoms with Crippen molar-refractivity contribution in [2.24, 2.45) is 56.7 Å². The summed E-state index contributed by atoms with van der Waals surface area (Å²) in [6, 6.07) is 0. The first-order chi connectivity index (χ1) is 14.6. The van der Waals surface area contributed by atoms with Crippen LogP contribution in [0.25, 0.3) is 0 Å². The fraction of sp³-hybridized carbons (Fsp3) is 0.967. The van der Waals surface area contributed by atoms with Crippen molar-refractivity contribution < 1.29 is 9.90 Å². The van der Waals surface area contributed by atoms with Gasteiger partial charge in [0.05, 0.1) is 5.60 Å². The quantitative estimate of drug-likeness (QED) is 0.423. The number of hydrogen-bond donors (Lipinski definition) is 1. The molecule has 5 rings (SSSR count). The van der Waals surface area contributed by atoms with Gasteiger partial charge in [0, 0.05) is 11.8 Å². The maximum Gasteiger partial charge on any atom is 0.138 e. The van der Waals surface area contributed by atoms with E-state index in [1.54, 1.807) is 0 Å². The predicted octanol–water partition coefficient (Wildman–Crippen LogP) is 7.43. The molecule has 5 fully saturated rings. The van der Waals surface area contributed by atoms with Crippen molar-refractivity contribution in [1.29, 1.82) is 0 Å². The van der Waals surface area contributed by atoms with Gasteiger partial charge in [0.2, 0.25) is 0 Å². The first-order valence-electron chi connectivity index (χ1n) is 13.9. The average molecular weight is 443 g/mol. The molecule has 0 heterocycles. The fourth-order valence-electron chi connectivity index (χ4n) is 11.4. The van der Waals surface area contributed by atoms with Crippen LogP contribution < -0.4 is 0 Å². The van der Waals surface area contributed by atoms with Gasteiger partial charge in [-0.1, -0.05) is 48.5 Å². The van der Waals surface area contributed by atoms with Crippen molar-refractivity contribution in [2.45, 2.75) is 125 Å². The van der Waals surface area contributed by atoms with E-state index in [0.717, 1.165) is 31.1 Å². The van der Waals surface area contributed by atoms with E-state index < -0.39 is 5.60 Å². The highest BCUT2D eigenvalue weighted by molar-refractivity contribution is 5.85. The van der Waals surface area contributed by atoms with E-state index >= 15 is 0 Å². The van der Waals surface area contributed by atoms with Gasteiger partial charge in [-0.25, -0.2) is 0 Å². The van der Waals surface area contributed by atoms with Crippen LogP contribution in [0.3, 0.4) is 0 Å². The Morgan fingerprint density at radius 3 is 2.09 bits per heavy atom. The van der Waals surface area contributed by atoms with E-state index in [4.69, 9.17) is 0 Å². The molecule has 0 aromatic carbocycles. The molecule has 1 N–H and O–H groups in total. The Balaban J connectivity index is 1.55. The number of hydrogen-bond acceptors (Lipinski definition) is 2. The maximum atomic E-state index is 12.9. The third kappa shape index (κ3) is 2.66. The van der Waals surface area contributed by atoms with Crippen LogP contribution in [0.4, 0.5) is 0 Å². The Labute approximate surface area is 197 Å². The summed E-state index contributed by atoms with van der Waals surface area (Å²) in [6.45, 7) is 19.5. The van der Waals surface area contributed by atoms with Crippen LogP contribution in [0.2, 0.25) is 0 Å². The van der Waals surface area contributed by atoms with Gasteiger partial charge in [0.1, 0.15) is 5.78 Å². The van der Waals surface area contributed by atoms with Crippen molar-refractivity contribution in [1.82, 2.24) is 0 Å². The molecule has 0 aliphatic heterocycles. The lowest BCUT2D eigenvalue weighted by atomic mass is 9.31. The van der Waals surface area contributed by atoms with E-state index in [1.165, 1.54) is 44.9 Å². The minimum absolute atomic E-state index is 0.159. The molecule has 182 valence electrons. The summed E-state index contributed by atoms with van der Waals surface area (Å²) in [5, 5.41) is 11.3. The third-order valence-electron chi connectivity index (χ3n) is 13.9. The normalized spacial score (nSPS) is 59.4.